The zero-order valence-corrected chi connectivity index (χ0v) is 23.5. The second kappa shape index (κ2) is 13.3. The summed E-state index contributed by atoms with van der Waals surface area (Å²) in [5, 5.41) is 21.0. The number of hydrogen-bond donors (Lipinski definition) is 4. The van der Waals surface area contributed by atoms with Crippen LogP contribution in [0.5, 0.6) is 0 Å². The van der Waals surface area contributed by atoms with Crippen LogP contribution in [0.2, 0.25) is 10.0 Å². The Morgan fingerprint density at radius 2 is 1.81 bits per heavy atom. The average Bonchev–Trinajstić information content (AvgIpc) is 3.22. The van der Waals surface area contributed by atoms with Crippen molar-refractivity contribution in [2.24, 2.45) is 0 Å². The van der Waals surface area contributed by atoms with Crippen molar-refractivity contribution < 1.29 is 53.8 Å². The maximum atomic E-state index is 12.5. The number of nitrogens with one attached hydrogen (secondary N) is 4. The topological polar surface area (TPSA) is 135 Å². The van der Waals surface area contributed by atoms with Crippen LogP contribution in [0.3, 0.4) is 0 Å². The van der Waals surface area contributed by atoms with E-state index in [4.69, 9.17) is 27.9 Å². The molecule has 0 atom stereocenters. The van der Waals surface area contributed by atoms with Crippen molar-refractivity contribution in [3.63, 3.8) is 0 Å². The van der Waals surface area contributed by atoms with Gasteiger partial charge in [-0.3, -0.25) is 4.79 Å². The van der Waals surface area contributed by atoms with Crippen molar-refractivity contribution >= 4 is 63.8 Å². The number of hydrogen-bond acceptors (Lipinski definition) is 5. The molecule has 3 amide bonds. The normalized spacial score (nSPS) is 13.8. The molecule has 4 rings (SSSR count). The van der Waals surface area contributed by atoms with Crippen LogP contribution in [0.1, 0.15) is 34.5 Å². The molecule has 0 saturated carbocycles. The van der Waals surface area contributed by atoms with Gasteiger partial charge in [-0.15, -0.1) is 0 Å². The third kappa shape index (κ3) is 7.73. The van der Waals surface area contributed by atoms with Gasteiger partial charge in [0.05, 0.1) is 16.7 Å². The van der Waals surface area contributed by atoms with Gasteiger partial charge in [-0.1, -0.05) is 35.3 Å². The number of halogens is 2. The summed E-state index contributed by atoms with van der Waals surface area (Å²) >= 11 is 12.2. The zero-order valence-electron chi connectivity index (χ0n) is 20.0. The molecule has 1 aliphatic rings. The number of amides is 3. The summed E-state index contributed by atoms with van der Waals surface area (Å²) in [6.45, 7) is 1.63. The van der Waals surface area contributed by atoms with Crippen LogP contribution in [-0.4, -0.2) is 42.1 Å². The van der Waals surface area contributed by atoms with Gasteiger partial charge in [0.2, 0.25) is 5.91 Å². The van der Waals surface area contributed by atoms with Crippen molar-refractivity contribution in [1.29, 1.82) is 0 Å². The van der Waals surface area contributed by atoms with E-state index in [0.717, 1.165) is 18.4 Å². The number of carbonyl (C=O) groups is 3. The fourth-order valence-corrected chi connectivity index (χ4v) is 4.51. The number of fused-ring (bicyclic) bond motifs is 1. The van der Waals surface area contributed by atoms with Crippen LogP contribution in [0.15, 0.2) is 42.5 Å². The molecule has 0 bridgehead atoms. The molecule has 0 radical (unpaired) electrons. The van der Waals surface area contributed by atoms with Gasteiger partial charge in [0, 0.05) is 59.1 Å². The minimum atomic E-state index is -1.44. The van der Waals surface area contributed by atoms with Crippen molar-refractivity contribution in [3.05, 3.63) is 69.3 Å². The first-order valence-electron chi connectivity index (χ1n) is 11.2. The Morgan fingerprint density at radius 3 is 2.49 bits per heavy atom. The van der Waals surface area contributed by atoms with Gasteiger partial charge in [-0.05, 0) is 48.7 Å². The molecule has 3 aromatic rings. The fraction of sp³-hybridized carbons (Fsp3) is 0.240. The standard InChI is InChI=1S/C25H24Cl2N4O5.Na/c26-15-11-19(27)22-18(23(24(33)34)31-20(22)12-15)5-6-21(32)29-16-3-1-14(2-4-16)13-28-25(35)30-17-7-9-36-10-8-17;/h1-6,11-12,17,31H,7-10,13H2,(H,29,32)(H,33,34)(H2,28,30,35);/q;+1/p-1/b6-5+;. The quantitative estimate of drug-likeness (QED) is 0.249. The summed E-state index contributed by atoms with van der Waals surface area (Å²) in [5.74, 6) is -1.91. The zero-order chi connectivity index (χ0) is 25.7. The summed E-state index contributed by atoms with van der Waals surface area (Å²) in [4.78, 5) is 38.8. The molecule has 0 spiro atoms. The molecule has 4 N–H and O–H groups in total. The largest absolute Gasteiger partial charge is 1.00 e. The maximum Gasteiger partial charge on any atom is 1.00 e. The van der Waals surface area contributed by atoms with Gasteiger partial charge >= 0.3 is 35.6 Å². The number of H-pyrrole nitrogens is 1. The number of aromatic nitrogens is 1. The molecular formula is C25H23Cl2N4NaO5. The first-order valence-corrected chi connectivity index (χ1v) is 12.0. The number of urea groups is 1. The van der Waals surface area contributed by atoms with E-state index in [1.54, 1.807) is 24.3 Å². The summed E-state index contributed by atoms with van der Waals surface area (Å²) < 4.78 is 5.28. The number of benzene rings is 2. The number of carboxylic acids is 1. The number of aromatic carboxylic acids is 1. The summed E-state index contributed by atoms with van der Waals surface area (Å²) in [6, 6.07) is 9.88. The molecule has 1 fully saturated rings. The first-order chi connectivity index (χ1) is 17.3. The Balaban J connectivity index is 0.00000380. The Hall–Kier alpha value is -2.53. The summed E-state index contributed by atoms with van der Waals surface area (Å²) in [7, 11) is 0. The van der Waals surface area contributed by atoms with E-state index in [0.29, 0.717) is 41.4 Å². The minimum Gasteiger partial charge on any atom is -0.543 e. The smallest absolute Gasteiger partial charge is 0.543 e. The molecule has 1 saturated heterocycles. The van der Waals surface area contributed by atoms with Crippen molar-refractivity contribution in [2.45, 2.75) is 25.4 Å². The first kappa shape index (κ1) is 29.0. The molecule has 37 heavy (non-hydrogen) atoms. The second-order valence-corrected chi connectivity index (χ2v) is 9.09. The maximum absolute atomic E-state index is 12.5. The van der Waals surface area contributed by atoms with E-state index in [-0.39, 0.29) is 57.9 Å². The van der Waals surface area contributed by atoms with Crippen LogP contribution >= 0.6 is 23.2 Å². The van der Waals surface area contributed by atoms with Crippen LogP contribution in [0.4, 0.5) is 10.5 Å². The number of carbonyl (C=O) groups excluding carboxylic acids is 3. The van der Waals surface area contributed by atoms with E-state index in [1.165, 1.54) is 24.3 Å². The Kier molecular flexibility index (Phi) is 10.5. The molecule has 2 heterocycles. The van der Waals surface area contributed by atoms with Crippen molar-refractivity contribution in [1.82, 2.24) is 15.6 Å². The average molecular weight is 553 g/mol. The third-order valence-corrected chi connectivity index (χ3v) is 6.21. The predicted octanol–water partition coefficient (Wildman–Crippen LogP) is 0.472. The van der Waals surface area contributed by atoms with Crippen LogP contribution in [0.25, 0.3) is 17.0 Å². The molecule has 2 aromatic carbocycles. The molecular weight excluding hydrogens is 530 g/mol. The predicted molar refractivity (Wildman–Crippen MR) is 136 cm³/mol. The third-order valence-electron chi connectivity index (χ3n) is 5.69. The van der Waals surface area contributed by atoms with E-state index in [2.05, 4.69) is 20.9 Å². The molecule has 0 aliphatic carbocycles. The van der Waals surface area contributed by atoms with E-state index >= 15 is 0 Å². The van der Waals surface area contributed by atoms with Crippen molar-refractivity contribution in [3.8, 4) is 0 Å². The molecule has 9 nitrogen and oxygen atoms in total. The van der Waals surface area contributed by atoms with Gasteiger partial charge in [-0.25, -0.2) is 4.79 Å². The van der Waals surface area contributed by atoms with Gasteiger partial charge < -0.3 is 35.6 Å². The summed E-state index contributed by atoms with van der Waals surface area (Å²) in [5.41, 5.74) is 1.80. The van der Waals surface area contributed by atoms with Crippen LogP contribution in [0, 0.1) is 0 Å². The number of rotatable bonds is 7. The number of anilines is 1. The van der Waals surface area contributed by atoms with Gasteiger partial charge in [-0.2, -0.15) is 0 Å². The van der Waals surface area contributed by atoms with Gasteiger partial charge in [0.15, 0.2) is 0 Å². The van der Waals surface area contributed by atoms with E-state index < -0.39 is 11.9 Å². The van der Waals surface area contributed by atoms with Crippen LogP contribution < -0.4 is 50.6 Å². The van der Waals surface area contributed by atoms with Crippen LogP contribution in [-0.2, 0) is 16.1 Å². The second-order valence-electron chi connectivity index (χ2n) is 8.24. The van der Waals surface area contributed by atoms with Gasteiger partial charge in [0.1, 0.15) is 0 Å². The SMILES string of the molecule is O=C(/C=C/c1c(C(=O)[O-])[nH]c2cc(Cl)cc(Cl)c12)Nc1ccc(CNC(=O)NC2CCOCC2)cc1.[Na+]. The molecule has 188 valence electrons. The monoisotopic (exact) mass is 552 g/mol. The molecule has 1 aliphatic heterocycles. The number of carboxylic acid groups (broad SMARTS) is 1. The Bertz CT molecular complexity index is 1320. The number of aromatic amines is 1. The Labute approximate surface area is 245 Å². The Morgan fingerprint density at radius 1 is 1.11 bits per heavy atom. The number of ether oxygens (including phenoxy) is 1. The fourth-order valence-electron chi connectivity index (χ4n) is 3.91. The van der Waals surface area contributed by atoms with Crippen molar-refractivity contribution in [2.75, 3.05) is 18.5 Å². The summed E-state index contributed by atoms with van der Waals surface area (Å²) in [6.07, 6.45) is 4.16. The molecule has 1 aromatic heterocycles. The van der Waals surface area contributed by atoms with E-state index in [1.807, 2.05) is 0 Å². The van der Waals surface area contributed by atoms with E-state index in [9.17, 15) is 19.5 Å². The minimum absolute atomic E-state index is 0. The molecule has 12 heteroatoms. The van der Waals surface area contributed by atoms with Gasteiger partial charge in [0.25, 0.3) is 0 Å². The molecule has 0 unspecified atom stereocenters.